The normalized spacial score (nSPS) is 12.1. The average molecular weight is 428 g/mol. The van der Waals surface area contributed by atoms with Crippen LogP contribution in [0.1, 0.15) is 50.0 Å². The van der Waals surface area contributed by atoms with E-state index in [1.165, 1.54) is 0 Å². The van der Waals surface area contributed by atoms with Gasteiger partial charge in [-0.05, 0) is 20.3 Å². The van der Waals surface area contributed by atoms with Crippen molar-refractivity contribution >= 4 is 11.8 Å². The molecule has 0 aromatic carbocycles. The predicted molar refractivity (Wildman–Crippen MR) is 81.8 cm³/mol. The molecule has 0 atom stereocenters. The van der Waals surface area contributed by atoms with Gasteiger partial charge in [-0.3, -0.25) is 9.59 Å². The number of hydrogen-bond acceptors (Lipinski definition) is 6. The lowest BCUT2D eigenvalue weighted by molar-refractivity contribution is -0.156. The van der Waals surface area contributed by atoms with E-state index in [1.54, 1.807) is 0 Å². The minimum Gasteiger partial charge on any atom is -0.352 e. The number of nitrogens with one attached hydrogen (secondary N) is 2. The maximum atomic E-state index is 12.8. The standard InChI is InChI=1S/C15H14F6N4O4/c1-6-8(10(28-24-6)14(16,17)18)12(26)22-4-3-5-23-13(27)9-7(2)25-29-11(9)15(19,20)21/h3-5H2,1-2H3,(H,22,26)(H,23,27). The first-order chi connectivity index (χ1) is 13.3. The molecule has 0 aliphatic rings. The van der Waals surface area contributed by atoms with Gasteiger partial charge in [-0.15, -0.1) is 0 Å². The smallest absolute Gasteiger partial charge is 0.352 e. The molecule has 2 N–H and O–H groups in total. The van der Waals surface area contributed by atoms with Crippen LogP contribution in [-0.4, -0.2) is 35.2 Å². The van der Waals surface area contributed by atoms with E-state index in [0.717, 1.165) is 13.8 Å². The highest BCUT2D eigenvalue weighted by Gasteiger charge is 2.42. The highest BCUT2D eigenvalue weighted by atomic mass is 19.4. The van der Waals surface area contributed by atoms with E-state index < -0.39 is 46.8 Å². The van der Waals surface area contributed by atoms with Crippen LogP contribution in [0.3, 0.4) is 0 Å². The molecular formula is C15H14F6N4O4. The van der Waals surface area contributed by atoms with Crippen molar-refractivity contribution < 1.29 is 45.0 Å². The molecule has 0 aliphatic heterocycles. The lowest BCUT2D eigenvalue weighted by atomic mass is 10.1. The molecule has 0 saturated carbocycles. The van der Waals surface area contributed by atoms with Gasteiger partial charge in [-0.25, -0.2) is 0 Å². The minimum absolute atomic E-state index is 0.0227. The second-order valence-corrected chi connectivity index (χ2v) is 5.81. The van der Waals surface area contributed by atoms with Crippen molar-refractivity contribution in [2.24, 2.45) is 0 Å². The molecule has 0 aliphatic carbocycles. The molecule has 2 heterocycles. The zero-order chi connectivity index (χ0) is 22.0. The van der Waals surface area contributed by atoms with Crippen LogP contribution in [0.5, 0.6) is 0 Å². The molecule has 14 heteroatoms. The molecule has 2 amide bonds. The van der Waals surface area contributed by atoms with Crippen LogP contribution >= 0.6 is 0 Å². The number of alkyl halides is 6. The van der Waals surface area contributed by atoms with Crippen molar-refractivity contribution in [3.05, 3.63) is 34.0 Å². The molecule has 0 radical (unpaired) electrons. The summed E-state index contributed by atoms with van der Waals surface area (Å²) in [7, 11) is 0. The SMILES string of the molecule is Cc1noc(C(F)(F)F)c1C(=O)NCCCNC(=O)c1c(C)noc1C(F)(F)F. The summed E-state index contributed by atoms with van der Waals surface area (Å²) in [4.78, 5) is 23.9. The summed E-state index contributed by atoms with van der Waals surface area (Å²) in [5.41, 5.74) is -2.05. The van der Waals surface area contributed by atoms with Gasteiger partial charge in [0.15, 0.2) is 0 Å². The summed E-state index contributed by atoms with van der Waals surface area (Å²) in [6.45, 7) is 1.98. The van der Waals surface area contributed by atoms with Crippen LogP contribution in [0.4, 0.5) is 26.3 Å². The summed E-state index contributed by atoms with van der Waals surface area (Å²) in [5.74, 6) is -5.25. The molecule has 2 aromatic heterocycles. The van der Waals surface area contributed by atoms with Crippen molar-refractivity contribution in [1.82, 2.24) is 20.9 Å². The maximum Gasteiger partial charge on any atom is 0.453 e. The second kappa shape index (κ2) is 8.13. The number of rotatable bonds is 6. The van der Waals surface area contributed by atoms with E-state index in [9.17, 15) is 35.9 Å². The summed E-state index contributed by atoms with van der Waals surface area (Å²) < 4.78 is 85.0. The number of hydrogen-bond donors (Lipinski definition) is 2. The van der Waals surface area contributed by atoms with Crippen molar-refractivity contribution in [1.29, 1.82) is 0 Å². The van der Waals surface area contributed by atoms with Crippen molar-refractivity contribution in [3.63, 3.8) is 0 Å². The molecule has 2 aromatic rings. The van der Waals surface area contributed by atoms with E-state index in [-0.39, 0.29) is 30.9 Å². The molecule has 29 heavy (non-hydrogen) atoms. The Labute approximate surface area is 158 Å². The summed E-state index contributed by atoms with van der Waals surface area (Å²) in [6.07, 6.45) is -9.79. The molecule has 0 saturated heterocycles. The van der Waals surface area contributed by atoms with Crippen LogP contribution in [-0.2, 0) is 12.4 Å². The van der Waals surface area contributed by atoms with Crippen LogP contribution in [0.15, 0.2) is 9.05 Å². The van der Waals surface area contributed by atoms with Gasteiger partial charge in [0.25, 0.3) is 23.3 Å². The minimum atomic E-state index is -4.91. The van der Waals surface area contributed by atoms with Crippen LogP contribution in [0.2, 0.25) is 0 Å². The fourth-order valence-electron chi connectivity index (χ4n) is 2.33. The molecule has 0 spiro atoms. The fraction of sp³-hybridized carbons (Fsp3) is 0.467. The Morgan fingerprint density at radius 1 is 0.793 bits per heavy atom. The molecule has 0 bridgehead atoms. The first-order valence-corrected chi connectivity index (χ1v) is 7.97. The monoisotopic (exact) mass is 428 g/mol. The first-order valence-electron chi connectivity index (χ1n) is 7.97. The molecule has 0 fully saturated rings. The Hall–Kier alpha value is -3.06. The molecule has 0 unspecified atom stereocenters. The lowest BCUT2D eigenvalue weighted by Crippen LogP contribution is -2.31. The third kappa shape index (κ3) is 5.06. The number of halogens is 6. The number of carbonyl (C=O) groups is 2. The Bertz CT molecular complexity index is 827. The Balaban J connectivity index is 1.89. The van der Waals surface area contributed by atoms with Gasteiger partial charge in [0.05, 0.1) is 11.4 Å². The second-order valence-electron chi connectivity index (χ2n) is 5.81. The fourth-order valence-corrected chi connectivity index (χ4v) is 2.33. The topological polar surface area (TPSA) is 110 Å². The molecule has 2 rings (SSSR count). The molecule has 8 nitrogen and oxygen atoms in total. The number of nitrogens with zero attached hydrogens (tertiary/aromatic N) is 2. The van der Waals surface area contributed by atoms with Crippen LogP contribution in [0.25, 0.3) is 0 Å². The number of aromatic nitrogens is 2. The van der Waals surface area contributed by atoms with Crippen molar-refractivity contribution in [3.8, 4) is 0 Å². The van der Waals surface area contributed by atoms with Gasteiger partial charge >= 0.3 is 12.4 Å². The number of carbonyl (C=O) groups excluding carboxylic acids is 2. The summed E-state index contributed by atoms with van der Waals surface area (Å²) in [6, 6.07) is 0. The van der Waals surface area contributed by atoms with Gasteiger partial charge in [0.2, 0.25) is 0 Å². The first kappa shape index (κ1) is 22.2. The van der Waals surface area contributed by atoms with E-state index in [0.29, 0.717) is 0 Å². The van der Waals surface area contributed by atoms with Crippen molar-refractivity contribution in [2.45, 2.75) is 32.6 Å². The number of amides is 2. The molecular weight excluding hydrogens is 414 g/mol. The van der Waals surface area contributed by atoms with Gasteiger partial charge in [0.1, 0.15) is 11.1 Å². The van der Waals surface area contributed by atoms with Crippen LogP contribution < -0.4 is 10.6 Å². The zero-order valence-electron chi connectivity index (χ0n) is 14.9. The molecule has 160 valence electrons. The maximum absolute atomic E-state index is 12.8. The Morgan fingerprint density at radius 3 is 1.45 bits per heavy atom. The third-order valence-corrected chi connectivity index (χ3v) is 3.62. The largest absolute Gasteiger partial charge is 0.453 e. The van der Waals surface area contributed by atoms with Gasteiger partial charge in [0, 0.05) is 13.1 Å². The quantitative estimate of drug-likeness (QED) is 0.541. The zero-order valence-corrected chi connectivity index (χ0v) is 14.9. The summed E-state index contributed by atoms with van der Waals surface area (Å²) >= 11 is 0. The van der Waals surface area contributed by atoms with E-state index in [2.05, 4.69) is 30.0 Å². The highest BCUT2D eigenvalue weighted by molar-refractivity contribution is 5.97. The van der Waals surface area contributed by atoms with E-state index in [1.807, 2.05) is 0 Å². The Morgan fingerprint density at radius 2 is 1.14 bits per heavy atom. The Kier molecular flexibility index (Phi) is 6.23. The third-order valence-electron chi connectivity index (χ3n) is 3.62. The van der Waals surface area contributed by atoms with E-state index in [4.69, 9.17) is 0 Å². The average Bonchev–Trinajstić information content (AvgIpc) is 3.16. The van der Waals surface area contributed by atoms with E-state index >= 15 is 0 Å². The van der Waals surface area contributed by atoms with Gasteiger partial charge in [-0.2, -0.15) is 26.3 Å². The highest BCUT2D eigenvalue weighted by Crippen LogP contribution is 2.34. The van der Waals surface area contributed by atoms with Crippen molar-refractivity contribution in [2.75, 3.05) is 13.1 Å². The van der Waals surface area contributed by atoms with Gasteiger partial charge in [-0.1, -0.05) is 10.3 Å². The lowest BCUT2D eigenvalue weighted by Gasteiger charge is -2.09. The predicted octanol–water partition coefficient (Wildman–Crippen LogP) is 2.87. The van der Waals surface area contributed by atoms with Gasteiger partial charge < -0.3 is 19.7 Å². The summed E-state index contributed by atoms with van der Waals surface area (Å²) in [5, 5.41) is 10.6. The van der Waals surface area contributed by atoms with Crippen LogP contribution in [0, 0.1) is 13.8 Å². The number of aryl methyl sites for hydroxylation is 2.